The van der Waals surface area contributed by atoms with E-state index in [2.05, 4.69) is 28.2 Å². The first-order valence-electron chi connectivity index (χ1n) is 9.51. The van der Waals surface area contributed by atoms with E-state index < -0.39 is 0 Å². The molecule has 0 saturated carbocycles. The van der Waals surface area contributed by atoms with Crippen LogP contribution in [0.4, 0.5) is 5.69 Å². The largest absolute Gasteiger partial charge is 0.342 e. The van der Waals surface area contributed by atoms with Crippen LogP contribution < -0.4 is 5.32 Å². The van der Waals surface area contributed by atoms with Gasteiger partial charge in [-0.25, -0.2) is 0 Å². The molecule has 4 aromatic rings. The van der Waals surface area contributed by atoms with E-state index in [-0.39, 0.29) is 5.91 Å². The number of carbonyl (C=O) groups excluding carboxylic acids is 1. The summed E-state index contributed by atoms with van der Waals surface area (Å²) < 4.78 is 2.18. The lowest BCUT2D eigenvalue weighted by molar-refractivity contribution is -0.113. The quantitative estimate of drug-likeness (QED) is 0.317. The fourth-order valence-corrected chi connectivity index (χ4v) is 4.54. The lowest BCUT2D eigenvalue weighted by Gasteiger charge is -2.07. The molecular formula is C24H20Cl2N2OS. The number of hydrogen-bond acceptors (Lipinski definition) is 2. The molecule has 1 aromatic heterocycles. The summed E-state index contributed by atoms with van der Waals surface area (Å²) in [6.45, 7) is 2.61. The van der Waals surface area contributed by atoms with Gasteiger partial charge in [0.15, 0.2) is 0 Å². The number of aryl methyl sites for hydroxylation is 1. The zero-order valence-corrected chi connectivity index (χ0v) is 18.7. The average molecular weight is 455 g/mol. The van der Waals surface area contributed by atoms with Crippen LogP contribution in [0.1, 0.15) is 11.1 Å². The van der Waals surface area contributed by atoms with Gasteiger partial charge in [0.2, 0.25) is 5.91 Å². The number of carbonyl (C=O) groups is 1. The molecule has 1 amide bonds. The zero-order valence-electron chi connectivity index (χ0n) is 16.4. The average Bonchev–Trinajstić information content (AvgIpc) is 3.09. The summed E-state index contributed by atoms with van der Waals surface area (Å²) in [5.41, 5.74) is 3.86. The molecule has 6 heteroatoms. The van der Waals surface area contributed by atoms with Crippen LogP contribution in [0.3, 0.4) is 0 Å². The third-order valence-electron chi connectivity index (χ3n) is 4.86. The molecule has 0 radical (unpaired) electrons. The van der Waals surface area contributed by atoms with E-state index in [0.717, 1.165) is 31.9 Å². The van der Waals surface area contributed by atoms with Gasteiger partial charge in [0.1, 0.15) is 0 Å². The normalized spacial score (nSPS) is 11.0. The topological polar surface area (TPSA) is 34.0 Å². The molecular weight excluding hydrogens is 435 g/mol. The van der Waals surface area contributed by atoms with Crippen molar-refractivity contribution in [3.63, 3.8) is 0 Å². The Bertz CT molecular complexity index is 1220. The first-order chi connectivity index (χ1) is 14.5. The third kappa shape index (κ3) is 4.67. The van der Waals surface area contributed by atoms with Crippen molar-refractivity contribution in [2.24, 2.45) is 0 Å². The van der Waals surface area contributed by atoms with Crippen molar-refractivity contribution in [1.29, 1.82) is 0 Å². The smallest absolute Gasteiger partial charge is 0.234 e. The van der Waals surface area contributed by atoms with E-state index in [1.807, 2.05) is 55.5 Å². The molecule has 1 N–H and O–H groups in total. The number of hydrogen-bond donors (Lipinski definition) is 1. The van der Waals surface area contributed by atoms with E-state index in [1.165, 1.54) is 11.8 Å². The van der Waals surface area contributed by atoms with Crippen LogP contribution >= 0.6 is 35.0 Å². The number of fused-ring (bicyclic) bond motifs is 1. The first-order valence-corrected chi connectivity index (χ1v) is 11.3. The molecule has 1 heterocycles. The van der Waals surface area contributed by atoms with Gasteiger partial charge in [-0.05, 0) is 42.3 Å². The minimum absolute atomic E-state index is 0.0668. The summed E-state index contributed by atoms with van der Waals surface area (Å²) >= 11 is 14.0. The predicted octanol–water partition coefficient (Wildman–Crippen LogP) is 7.04. The lowest BCUT2D eigenvalue weighted by atomic mass is 10.2. The van der Waals surface area contributed by atoms with E-state index >= 15 is 0 Å². The maximum atomic E-state index is 12.5. The van der Waals surface area contributed by atoms with Crippen LogP contribution in [0.5, 0.6) is 0 Å². The Balaban J connectivity index is 1.51. The molecule has 0 atom stereocenters. The summed E-state index contributed by atoms with van der Waals surface area (Å²) in [5, 5.41) is 5.43. The van der Waals surface area contributed by atoms with Gasteiger partial charge in [0.25, 0.3) is 0 Å². The fourth-order valence-electron chi connectivity index (χ4n) is 3.28. The summed E-state index contributed by atoms with van der Waals surface area (Å²) in [6, 6.07) is 21.6. The van der Waals surface area contributed by atoms with Crippen molar-refractivity contribution >= 4 is 57.5 Å². The highest BCUT2D eigenvalue weighted by atomic mass is 35.5. The van der Waals surface area contributed by atoms with E-state index in [9.17, 15) is 4.79 Å². The number of amides is 1. The van der Waals surface area contributed by atoms with Crippen molar-refractivity contribution in [3.05, 3.63) is 94.1 Å². The minimum Gasteiger partial charge on any atom is -0.342 e. The Morgan fingerprint density at radius 3 is 2.57 bits per heavy atom. The molecule has 0 spiro atoms. The Morgan fingerprint density at radius 2 is 1.77 bits per heavy atom. The SMILES string of the molecule is Cc1ccc(NC(=O)CSc2cn(Cc3ccccc3Cl)c3ccccc23)cc1Cl. The molecule has 0 aliphatic heterocycles. The number of para-hydroxylation sites is 1. The van der Waals surface area contributed by atoms with Crippen molar-refractivity contribution < 1.29 is 4.79 Å². The second-order valence-electron chi connectivity index (χ2n) is 7.03. The van der Waals surface area contributed by atoms with Crippen LogP contribution in [0.15, 0.2) is 77.8 Å². The highest BCUT2D eigenvalue weighted by Crippen LogP contribution is 2.31. The first kappa shape index (κ1) is 20.9. The van der Waals surface area contributed by atoms with Gasteiger partial charge in [-0.3, -0.25) is 4.79 Å². The fraction of sp³-hybridized carbons (Fsp3) is 0.125. The predicted molar refractivity (Wildman–Crippen MR) is 128 cm³/mol. The number of nitrogens with one attached hydrogen (secondary N) is 1. The summed E-state index contributed by atoms with van der Waals surface area (Å²) in [7, 11) is 0. The molecule has 30 heavy (non-hydrogen) atoms. The van der Waals surface area contributed by atoms with Crippen LogP contribution in [-0.4, -0.2) is 16.2 Å². The highest BCUT2D eigenvalue weighted by molar-refractivity contribution is 8.00. The standard InChI is InChI=1S/C24H20Cl2N2OS/c1-16-10-11-18(12-21(16)26)27-24(29)15-30-23-14-28(22-9-5-3-7-19(22)23)13-17-6-2-4-8-20(17)25/h2-12,14H,13,15H2,1H3,(H,27,29). The lowest BCUT2D eigenvalue weighted by Crippen LogP contribution is -2.13. The number of aromatic nitrogens is 1. The van der Waals surface area contributed by atoms with E-state index in [0.29, 0.717) is 23.0 Å². The molecule has 0 aliphatic rings. The summed E-state index contributed by atoms with van der Waals surface area (Å²) in [5.74, 6) is 0.244. The molecule has 0 saturated heterocycles. The molecule has 3 nitrogen and oxygen atoms in total. The van der Waals surface area contributed by atoms with Crippen molar-refractivity contribution in [2.45, 2.75) is 18.4 Å². The molecule has 0 bridgehead atoms. The Morgan fingerprint density at radius 1 is 1.00 bits per heavy atom. The summed E-state index contributed by atoms with van der Waals surface area (Å²) in [4.78, 5) is 13.5. The van der Waals surface area contributed by atoms with Gasteiger partial charge in [-0.1, -0.05) is 65.7 Å². The molecule has 0 fully saturated rings. The van der Waals surface area contributed by atoms with Crippen molar-refractivity contribution in [1.82, 2.24) is 4.57 Å². The van der Waals surface area contributed by atoms with Crippen LogP contribution in [-0.2, 0) is 11.3 Å². The molecule has 4 rings (SSSR count). The van der Waals surface area contributed by atoms with Gasteiger partial charge < -0.3 is 9.88 Å². The highest BCUT2D eigenvalue weighted by Gasteiger charge is 2.12. The minimum atomic E-state index is -0.0668. The third-order valence-corrected chi connectivity index (χ3v) is 6.68. The number of benzene rings is 3. The van der Waals surface area contributed by atoms with Crippen molar-refractivity contribution in [2.75, 3.05) is 11.1 Å². The van der Waals surface area contributed by atoms with E-state index in [1.54, 1.807) is 6.07 Å². The molecule has 3 aromatic carbocycles. The Labute approximate surface area is 190 Å². The van der Waals surface area contributed by atoms with Crippen molar-refractivity contribution in [3.8, 4) is 0 Å². The Hall–Kier alpha value is -2.40. The number of nitrogens with zero attached hydrogens (tertiary/aromatic N) is 1. The van der Waals surface area contributed by atoms with E-state index in [4.69, 9.17) is 23.2 Å². The van der Waals surface area contributed by atoms with Gasteiger partial charge >= 0.3 is 0 Å². The maximum Gasteiger partial charge on any atom is 0.234 e. The number of halogens is 2. The van der Waals surface area contributed by atoms with Gasteiger partial charge in [0.05, 0.1) is 5.75 Å². The molecule has 0 unspecified atom stereocenters. The molecule has 0 aliphatic carbocycles. The van der Waals surface area contributed by atoms with Crippen LogP contribution in [0, 0.1) is 6.92 Å². The van der Waals surface area contributed by atoms with Gasteiger partial charge in [0, 0.05) is 44.3 Å². The number of rotatable bonds is 6. The van der Waals surface area contributed by atoms with Crippen LogP contribution in [0.25, 0.3) is 10.9 Å². The van der Waals surface area contributed by atoms with Crippen LogP contribution in [0.2, 0.25) is 10.0 Å². The van der Waals surface area contributed by atoms with Gasteiger partial charge in [-0.15, -0.1) is 11.8 Å². The van der Waals surface area contributed by atoms with Gasteiger partial charge in [-0.2, -0.15) is 0 Å². The maximum absolute atomic E-state index is 12.5. The molecule has 152 valence electrons. The number of anilines is 1. The Kier molecular flexibility index (Phi) is 6.38. The number of thioether (sulfide) groups is 1. The zero-order chi connectivity index (χ0) is 21.1. The second-order valence-corrected chi connectivity index (χ2v) is 8.86. The monoisotopic (exact) mass is 454 g/mol. The summed E-state index contributed by atoms with van der Waals surface area (Å²) in [6.07, 6.45) is 2.09. The second kappa shape index (κ2) is 9.17.